The fourth-order valence-electron chi connectivity index (χ4n) is 0.749. The van der Waals surface area contributed by atoms with Gasteiger partial charge < -0.3 is 5.48 Å². The van der Waals surface area contributed by atoms with Gasteiger partial charge in [0.05, 0.1) is 0 Å². The Kier molecular flexibility index (Phi) is 10.6. The lowest BCUT2D eigenvalue weighted by atomic mass is 10.1. The van der Waals surface area contributed by atoms with E-state index in [0.717, 1.165) is 12.8 Å². The average molecular weight is 146 g/mol. The van der Waals surface area contributed by atoms with Crippen LogP contribution in [0.25, 0.3) is 0 Å². The molecule has 0 amide bonds. The van der Waals surface area contributed by atoms with Crippen LogP contribution in [0, 0.1) is 0 Å². The first-order valence-corrected chi connectivity index (χ1v) is 3.83. The molecule has 0 radical (unpaired) electrons. The van der Waals surface area contributed by atoms with E-state index in [4.69, 9.17) is 0 Å². The summed E-state index contributed by atoms with van der Waals surface area (Å²) in [5.74, 6) is 0.406. The van der Waals surface area contributed by atoms with Gasteiger partial charge in [0.25, 0.3) is 0 Å². The van der Waals surface area contributed by atoms with Crippen LogP contribution in [0.15, 0.2) is 0 Å². The quantitative estimate of drug-likeness (QED) is 0.545. The Hall–Kier alpha value is -0.370. The zero-order valence-electron chi connectivity index (χ0n) is 6.94. The summed E-state index contributed by atoms with van der Waals surface area (Å²) in [5.41, 5.74) is 0. The van der Waals surface area contributed by atoms with Gasteiger partial charge in [-0.2, -0.15) is 0 Å². The van der Waals surface area contributed by atoms with Gasteiger partial charge in [0.15, 0.2) is 0 Å². The van der Waals surface area contributed by atoms with Crippen molar-refractivity contribution in [1.29, 1.82) is 0 Å². The van der Waals surface area contributed by atoms with Gasteiger partial charge >= 0.3 is 0 Å². The van der Waals surface area contributed by atoms with E-state index in [-0.39, 0.29) is 5.48 Å². The highest BCUT2D eigenvalue weighted by Gasteiger charge is 1.95. The van der Waals surface area contributed by atoms with Crippen LogP contribution in [0.3, 0.4) is 0 Å². The van der Waals surface area contributed by atoms with Gasteiger partial charge in [0, 0.05) is 12.8 Å². The van der Waals surface area contributed by atoms with Crippen LogP contribution in [-0.2, 0) is 4.79 Å². The van der Waals surface area contributed by atoms with Crippen LogP contribution in [0.4, 0.5) is 0 Å². The highest BCUT2D eigenvalue weighted by atomic mass is 16.1. The first-order valence-electron chi connectivity index (χ1n) is 3.83. The third-order valence-electron chi connectivity index (χ3n) is 1.45. The van der Waals surface area contributed by atoms with E-state index in [1.807, 2.05) is 6.92 Å². The lowest BCUT2D eigenvalue weighted by Gasteiger charge is -1.93. The minimum Gasteiger partial charge on any atom is -0.412 e. The molecule has 0 fully saturated rings. The van der Waals surface area contributed by atoms with Crippen LogP contribution in [0.2, 0.25) is 0 Å². The molecule has 0 bridgehead atoms. The zero-order valence-corrected chi connectivity index (χ0v) is 6.94. The summed E-state index contributed by atoms with van der Waals surface area (Å²) in [4.78, 5) is 10.7. The van der Waals surface area contributed by atoms with Gasteiger partial charge in [-0.3, -0.25) is 4.79 Å². The number of ketones is 1. The van der Waals surface area contributed by atoms with E-state index in [1.165, 1.54) is 12.8 Å². The van der Waals surface area contributed by atoms with Gasteiger partial charge in [-0.25, -0.2) is 0 Å². The molecule has 0 atom stereocenters. The standard InChI is InChI=1S/C8H16O.H2O/c1-3-5-6-7-8(9)4-2;/h3-7H2,1-2H3;1H2. The minimum absolute atomic E-state index is 0. The third kappa shape index (κ3) is 7.63. The number of carbonyl (C=O) groups excluding carboxylic acids is 1. The molecule has 2 nitrogen and oxygen atoms in total. The molecule has 2 N–H and O–H groups in total. The Morgan fingerprint density at radius 1 is 1.20 bits per heavy atom. The molecule has 0 rings (SSSR count). The summed E-state index contributed by atoms with van der Waals surface area (Å²) < 4.78 is 0. The smallest absolute Gasteiger partial charge is 0.132 e. The average Bonchev–Trinajstić information content (AvgIpc) is 1.89. The highest BCUT2D eigenvalue weighted by Crippen LogP contribution is 2.00. The zero-order chi connectivity index (χ0) is 7.11. The lowest BCUT2D eigenvalue weighted by Crippen LogP contribution is -1.93. The van der Waals surface area contributed by atoms with Gasteiger partial charge in [-0.05, 0) is 6.42 Å². The second-order valence-electron chi connectivity index (χ2n) is 2.35. The second-order valence-corrected chi connectivity index (χ2v) is 2.35. The maximum atomic E-state index is 10.7. The van der Waals surface area contributed by atoms with Crippen LogP contribution in [-0.4, -0.2) is 11.3 Å². The van der Waals surface area contributed by atoms with Crippen molar-refractivity contribution in [3.8, 4) is 0 Å². The number of carbonyl (C=O) groups is 1. The van der Waals surface area contributed by atoms with Crippen molar-refractivity contribution < 1.29 is 10.3 Å². The van der Waals surface area contributed by atoms with Gasteiger partial charge in [0.1, 0.15) is 5.78 Å². The summed E-state index contributed by atoms with van der Waals surface area (Å²) in [5, 5.41) is 0. The number of Topliss-reactive ketones (excluding diaryl/α,β-unsaturated/α-hetero) is 1. The maximum Gasteiger partial charge on any atom is 0.132 e. The van der Waals surface area contributed by atoms with Crippen molar-refractivity contribution in [3.63, 3.8) is 0 Å². The monoisotopic (exact) mass is 146 g/mol. The Morgan fingerprint density at radius 3 is 2.20 bits per heavy atom. The van der Waals surface area contributed by atoms with Crippen LogP contribution in [0.5, 0.6) is 0 Å². The summed E-state index contributed by atoms with van der Waals surface area (Å²) in [7, 11) is 0. The molecule has 0 saturated heterocycles. The van der Waals surface area contributed by atoms with Crippen molar-refractivity contribution in [2.45, 2.75) is 46.0 Å². The molecule has 0 aromatic carbocycles. The molecule has 2 heteroatoms. The number of hydrogen-bond acceptors (Lipinski definition) is 1. The Labute approximate surface area is 62.9 Å². The van der Waals surface area contributed by atoms with E-state index >= 15 is 0 Å². The van der Waals surface area contributed by atoms with Gasteiger partial charge in [0.2, 0.25) is 0 Å². The largest absolute Gasteiger partial charge is 0.412 e. The molecule has 0 aliphatic rings. The third-order valence-corrected chi connectivity index (χ3v) is 1.45. The van der Waals surface area contributed by atoms with E-state index in [1.54, 1.807) is 0 Å². The van der Waals surface area contributed by atoms with Gasteiger partial charge in [-0.15, -0.1) is 0 Å². The van der Waals surface area contributed by atoms with Crippen molar-refractivity contribution in [1.82, 2.24) is 0 Å². The van der Waals surface area contributed by atoms with E-state index < -0.39 is 0 Å². The normalized spacial score (nSPS) is 8.60. The lowest BCUT2D eigenvalue weighted by molar-refractivity contribution is -0.118. The van der Waals surface area contributed by atoms with Crippen LogP contribution >= 0.6 is 0 Å². The summed E-state index contributed by atoms with van der Waals surface area (Å²) >= 11 is 0. The van der Waals surface area contributed by atoms with E-state index in [2.05, 4.69) is 6.92 Å². The molecule has 0 aliphatic heterocycles. The van der Waals surface area contributed by atoms with Crippen LogP contribution in [0.1, 0.15) is 46.0 Å². The second kappa shape index (κ2) is 8.63. The molecular formula is C8H18O2. The van der Waals surface area contributed by atoms with Crippen LogP contribution < -0.4 is 0 Å². The van der Waals surface area contributed by atoms with Crippen molar-refractivity contribution in [3.05, 3.63) is 0 Å². The van der Waals surface area contributed by atoms with Crippen molar-refractivity contribution in [2.75, 3.05) is 0 Å². The summed E-state index contributed by atoms with van der Waals surface area (Å²) in [6.45, 7) is 4.07. The van der Waals surface area contributed by atoms with Gasteiger partial charge in [-0.1, -0.05) is 26.7 Å². The van der Waals surface area contributed by atoms with E-state index in [9.17, 15) is 4.79 Å². The Morgan fingerprint density at radius 2 is 1.80 bits per heavy atom. The Balaban J connectivity index is 0. The first-order chi connectivity index (χ1) is 4.31. The number of hydrogen-bond donors (Lipinski definition) is 0. The SMILES string of the molecule is CCCCCC(=O)CC.O. The predicted molar refractivity (Wildman–Crippen MR) is 43.1 cm³/mol. The van der Waals surface area contributed by atoms with E-state index in [0.29, 0.717) is 12.2 Å². The molecule has 0 aromatic heterocycles. The topological polar surface area (TPSA) is 48.6 Å². The number of rotatable bonds is 5. The van der Waals surface area contributed by atoms with Crippen molar-refractivity contribution >= 4 is 5.78 Å². The Bertz CT molecular complexity index is 79.3. The summed E-state index contributed by atoms with van der Waals surface area (Å²) in [6.07, 6.45) is 5.00. The maximum absolute atomic E-state index is 10.7. The fraction of sp³-hybridized carbons (Fsp3) is 0.875. The minimum atomic E-state index is 0. The predicted octanol–water partition coefficient (Wildman–Crippen LogP) is 1.72. The molecule has 0 aromatic rings. The molecule has 0 aliphatic carbocycles. The fourth-order valence-corrected chi connectivity index (χ4v) is 0.749. The number of unbranched alkanes of at least 4 members (excludes halogenated alkanes) is 2. The molecular weight excluding hydrogens is 128 g/mol. The molecule has 62 valence electrons. The van der Waals surface area contributed by atoms with Crippen molar-refractivity contribution in [2.24, 2.45) is 0 Å². The molecule has 10 heavy (non-hydrogen) atoms. The first kappa shape index (κ1) is 12.3. The summed E-state index contributed by atoms with van der Waals surface area (Å²) in [6, 6.07) is 0. The molecule has 0 saturated carbocycles. The molecule has 0 unspecified atom stereocenters. The molecule has 0 heterocycles. The highest BCUT2D eigenvalue weighted by molar-refractivity contribution is 5.77. The molecule has 0 spiro atoms.